The Morgan fingerprint density at radius 3 is 2.32 bits per heavy atom. The van der Waals surface area contributed by atoms with E-state index in [1.807, 2.05) is 0 Å². The molecule has 1 aromatic rings. The van der Waals surface area contributed by atoms with Crippen LogP contribution in [0.15, 0.2) is 56.8 Å². The zero-order valence-electron chi connectivity index (χ0n) is 9.38. The highest BCUT2D eigenvalue weighted by Gasteiger charge is 2.16. The highest BCUT2D eigenvalue weighted by Crippen LogP contribution is 2.16. The lowest BCUT2D eigenvalue weighted by Crippen LogP contribution is -2.07. The van der Waals surface area contributed by atoms with Gasteiger partial charge in [0.05, 0.1) is 15.6 Å². The van der Waals surface area contributed by atoms with Crippen LogP contribution in [0.2, 0.25) is 0 Å². The third-order valence-corrected chi connectivity index (χ3v) is 3.87. The molecule has 0 saturated heterocycles. The molecule has 0 N–H and O–H groups in total. The Morgan fingerprint density at radius 1 is 1.11 bits per heavy atom. The normalized spacial score (nSPS) is 17.7. The summed E-state index contributed by atoms with van der Waals surface area (Å²) in [6, 6.07) is 4.27. The van der Waals surface area contributed by atoms with E-state index in [4.69, 9.17) is 11.6 Å². The fourth-order valence-corrected chi connectivity index (χ4v) is 2.50. The summed E-state index contributed by atoms with van der Waals surface area (Å²) in [5, 5.41) is -0.115. The van der Waals surface area contributed by atoms with Gasteiger partial charge in [-0.05, 0) is 42.5 Å². The lowest BCUT2D eigenvalue weighted by Gasteiger charge is -2.03. The molecule has 0 atom stereocenters. The SMILES string of the molecule is O=C1C=CC(=NS(=O)(=O)c2ccc(F)cc2)C=C1Cl. The standard InChI is InChI=1S/C12H7ClFNO3S/c13-11-7-9(3-6-12(11)16)15-19(17,18)10-4-1-8(14)2-5-10/h1-7H. The van der Waals surface area contributed by atoms with Crippen LogP contribution in [0.1, 0.15) is 0 Å². The maximum Gasteiger partial charge on any atom is 0.282 e. The van der Waals surface area contributed by atoms with Gasteiger partial charge in [-0.15, -0.1) is 0 Å². The van der Waals surface area contributed by atoms with Crippen molar-refractivity contribution in [2.24, 2.45) is 4.40 Å². The van der Waals surface area contributed by atoms with Gasteiger partial charge in [0.1, 0.15) is 5.82 Å². The van der Waals surface area contributed by atoms with Gasteiger partial charge in [-0.25, -0.2) is 4.39 Å². The molecular weight excluding hydrogens is 293 g/mol. The van der Waals surface area contributed by atoms with Crippen LogP contribution < -0.4 is 0 Å². The second-order valence-corrected chi connectivity index (χ2v) is 5.65. The number of ketones is 1. The first-order valence-electron chi connectivity index (χ1n) is 5.09. The van der Waals surface area contributed by atoms with Gasteiger partial charge in [0.15, 0.2) is 5.78 Å². The maximum atomic E-state index is 12.7. The van der Waals surface area contributed by atoms with E-state index in [0.717, 1.165) is 36.4 Å². The Kier molecular flexibility index (Phi) is 3.64. The van der Waals surface area contributed by atoms with Gasteiger partial charge in [0.2, 0.25) is 0 Å². The molecule has 0 unspecified atom stereocenters. The molecule has 0 saturated carbocycles. The quantitative estimate of drug-likeness (QED) is 0.787. The van der Waals surface area contributed by atoms with Gasteiger partial charge in [0.25, 0.3) is 10.0 Å². The molecule has 1 aliphatic rings. The number of allylic oxidation sites excluding steroid dienone is 4. The van der Waals surface area contributed by atoms with Crippen LogP contribution in [-0.2, 0) is 14.8 Å². The van der Waals surface area contributed by atoms with E-state index >= 15 is 0 Å². The second kappa shape index (κ2) is 5.07. The van der Waals surface area contributed by atoms with Crippen LogP contribution in [0.3, 0.4) is 0 Å². The molecule has 0 aliphatic heterocycles. The number of hydrogen-bond acceptors (Lipinski definition) is 3. The minimum atomic E-state index is -3.96. The molecule has 1 aliphatic carbocycles. The van der Waals surface area contributed by atoms with Crippen molar-refractivity contribution in [1.82, 2.24) is 0 Å². The van der Waals surface area contributed by atoms with Crippen molar-refractivity contribution in [3.8, 4) is 0 Å². The molecule has 7 heteroatoms. The van der Waals surface area contributed by atoms with Crippen LogP contribution in [0.4, 0.5) is 4.39 Å². The molecule has 0 fully saturated rings. The van der Waals surface area contributed by atoms with Crippen molar-refractivity contribution in [2.75, 3.05) is 0 Å². The topological polar surface area (TPSA) is 63.6 Å². The van der Waals surface area contributed by atoms with Crippen LogP contribution in [0.25, 0.3) is 0 Å². The molecule has 0 amide bonds. The summed E-state index contributed by atoms with van der Waals surface area (Å²) in [6.07, 6.45) is 3.53. The number of nitrogens with zero attached hydrogens (tertiary/aromatic N) is 1. The second-order valence-electron chi connectivity index (χ2n) is 3.63. The van der Waals surface area contributed by atoms with Crippen molar-refractivity contribution >= 4 is 33.1 Å². The number of sulfonamides is 1. The van der Waals surface area contributed by atoms with Crippen LogP contribution in [-0.4, -0.2) is 19.9 Å². The summed E-state index contributed by atoms with van der Waals surface area (Å²) in [5.74, 6) is -0.961. The third-order valence-electron chi connectivity index (χ3n) is 2.25. The Labute approximate surface area is 114 Å². The van der Waals surface area contributed by atoms with Gasteiger partial charge in [-0.3, -0.25) is 4.79 Å². The number of carbonyl (C=O) groups excluding carboxylic acids is 1. The zero-order valence-corrected chi connectivity index (χ0v) is 11.0. The summed E-state index contributed by atoms with van der Waals surface area (Å²) < 4.78 is 40.0. The van der Waals surface area contributed by atoms with E-state index in [2.05, 4.69) is 4.40 Å². The monoisotopic (exact) mass is 299 g/mol. The van der Waals surface area contributed by atoms with Gasteiger partial charge in [-0.2, -0.15) is 12.8 Å². The molecule has 2 rings (SSSR count). The zero-order chi connectivity index (χ0) is 14.0. The summed E-state index contributed by atoms with van der Waals surface area (Å²) >= 11 is 5.59. The van der Waals surface area contributed by atoms with Crippen molar-refractivity contribution in [3.63, 3.8) is 0 Å². The number of carbonyl (C=O) groups is 1. The largest absolute Gasteiger partial charge is 0.288 e. The lowest BCUT2D eigenvalue weighted by molar-refractivity contribution is -0.110. The minimum absolute atomic E-state index is 0.0360. The van der Waals surface area contributed by atoms with Crippen LogP contribution >= 0.6 is 11.6 Å². The molecule has 4 nitrogen and oxygen atoms in total. The first-order valence-corrected chi connectivity index (χ1v) is 6.90. The number of hydrogen-bond donors (Lipinski definition) is 0. The molecule has 0 heterocycles. The first-order chi connectivity index (χ1) is 8.88. The van der Waals surface area contributed by atoms with E-state index in [1.54, 1.807) is 0 Å². The Morgan fingerprint density at radius 2 is 1.74 bits per heavy atom. The van der Waals surface area contributed by atoms with E-state index in [1.165, 1.54) is 6.08 Å². The smallest absolute Gasteiger partial charge is 0.282 e. The molecule has 19 heavy (non-hydrogen) atoms. The summed E-state index contributed by atoms with van der Waals surface area (Å²) in [5.41, 5.74) is 0.0360. The summed E-state index contributed by atoms with van der Waals surface area (Å²) in [7, 11) is -3.96. The summed E-state index contributed by atoms with van der Waals surface area (Å²) in [4.78, 5) is 10.9. The van der Waals surface area contributed by atoms with Crippen molar-refractivity contribution < 1.29 is 17.6 Å². The Bertz CT molecular complexity index is 718. The fraction of sp³-hybridized carbons (Fsp3) is 0. The predicted molar refractivity (Wildman–Crippen MR) is 69.1 cm³/mol. The van der Waals surface area contributed by atoms with Crippen molar-refractivity contribution in [1.29, 1.82) is 0 Å². The minimum Gasteiger partial charge on any atom is -0.288 e. The van der Waals surface area contributed by atoms with Gasteiger partial charge in [-0.1, -0.05) is 11.6 Å². The predicted octanol–water partition coefficient (Wildman–Crippen LogP) is 2.22. The molecule has 0 aromatic heterocycles. The van der Waals surface area contributed by atoms with Crippen LogP contribution in [0.5, 0.6) is 0 Å². The molecule has 0 radical (unpaired) electrons. The van der Waals surface area contributed by atoms with E-state index in [-0.39, 0.29) is 15.6 Å². The van der Waals surface area contributed by atoms with Gasteiger partial charge in [0, 0.05) is 0 Å². The Hall–Kier alpha value is -1.79. The van der Waals surface area contributed by atoms with Gasteiger partial charge >= 0.3 is 0 Å². The first kappa shape index (κ1) is 13.6. The highest BCUT2D eigenvalue weighted by molar-refractivity contribution is 7.90. The van der Waals surface area contributed by atoms with Gasteiger partial charge < -0.3 is 0 Å². The Balaban J connectivity index is 2.40. The van der Waals surface area contributed by atoms with Crippen molar-refractivity contribution in [2.45, 2.75) is 4.90 Å². The van der Waals surface area contributed by atoms with E-state index < -0.39 is 21.6 Å². The van der Waals surface area contributed by atoms with Crippen LogP contribution in [0, 0.1) is 5.82 Å². The average molecular weight is 300 g/mol. The molecular formula is C12H7ClFNO3S. The average Bonchev–Trinajstić information content (AvgIpc) is 2.34. The highest BCUT2D eigenvalue weighted by atomic mass is 35.5. The molecule has 1 aromatic carbocycles. The summed E-state index contributed by atoms with van der Waals surface area (Å²) in [6.45, 7) is 0. The maximum absolute atomic E-state index is 12.7. The van der Waals surface area contributed by atoms with Crippen molar-refractivity contribution in [3.05, 3.63) is 53.3 Å². The number of benzene rings is 1. The van der Waals surface area contributed by atoms with E-state index in [0.29, 0.717) is 0 Å². The lowest BCUT2D eigenvalue weighted by atomic mass is 10.2. The molecule has 0 bridgehead atoms. The third kappa shape index (κ3) is 3.15. The molecule has 0 spiro atoms. The number of rotatable bonds is 2. The number of halogens is 2. The molecule has 98 valence electrons. The van der Waals surface area contributed by atoms with E-state index in [9.17, 15) is 17.6 Å². The fourth-order valence-electron chi connectivity index (χ4n) is 1.34.